The molecule has 1 aromatic rings. The first kappa shape index (κ1) is 10.7. The lowest BCUT2D eigenvalue weighted by Gasteiger charge is -2.09. The fraction of sp³-hybridized carbons (Fsp3) is 0.0909. The monoisotopic (exact) mass is 237 g/mol. The van der Waals surface area contributed by atoms with Crippen LogP contribution >= 0.6 is 11.6 Å². The first-order valence-corrected chi connectivity index (χ1v) is 4.99. The van der Waals surface area contributed by atoms with Crippen LogP contribution in [0.25, 0.3) is 0 Å². The van der Waals surface area contributed by atoms with Gasteiger partial charge >= 0.3 is 12.0 Å². The van der Waals surface area contributed by atoms with Crippen LogP contribution in [0.4, 0.5) is 10.5 Å². The summed E-state index contributed by atoms with van der Waals surface area (Å²) in [6.07, 6.45) is 0.760. The molecule has 0 aromatic heterocycles. The van der Waals surface area contributed by atoms with Crippen molar-refractivity contribution < 1.29 is 14.3 Å². The van der Waals surface area contributed by atoms with E-state index in [4.69, 9.17) is 16.3 Å². The quantitative estimate of drug-likeness (QED) is 0.706. The van der Waals surface area contributed by atoms with Crippen molar-refractivity contribution >= 4 is 29.3 Å². The predicted molar refractivity (Wildman–Crippen MR) is 59.2 cm³/mol. The van der Waals surface area contributed by atoms with E-state index in [0.717, 1.165) is 4.90 Å². The van der Waals surface area contributed by atoms with Gasteiger partial charge in [0, 0.05) is 5.02 Å². The second-order valence-corrected chi connectivity index (χ2v) is 3.57. The number of rotatable bonds is 1. The molecule has 0 saturated carbocycles. The summed E-state index contributed by atoms with van der Waals surface area (Å²) in [5, 5.41) is 0.537. The van der Waals surface area contributed by atoms with Gasteiger partial charge in [-0.3, -0.25) is 4.79 Å². The van der Waals surface area contributed by atoms with Crippen molar-refractivity contribution in [2.75, 3.05) is 4.90 Å². The maximum atomic E-state index is 11.7. The van der Waals surface area contributed by atoms with E-state index in [-0.39, 0.29) is 5.76 Å². The van der Waals surface area contributed by atoms with Crippen molar-refractivity contribution in [1.29, 1.82) is 0 Å². The second kappa shape index (κ2) is 3.98. The third-order valence-electron chi connectivity index (χ3n) is 2.14. The molecular weight excluding hydrogens is 230 g/mol. The molecule has 5 heteroatoms. The Morgan fingerprint density at radius 1 is 1.25 bits per heavy atom. The Morgan fingerprint density at radius 3 is 2.38 bits per heavy atom. The first-order valence-electron chi connectivity index (χ1n) is 4.61. The number of carbonyl (C=O) groups is 2. The smallest absolute Gasteiger partial charge is 0.404 e. The van der Waals surface area contributed by atoms with Crippen LogP contribution in [0.5, 0.6) is 0 Å². The maximum Gasteiger partial charge on any atom is 0.427 e. The molecule has 16 heavy (non-hydrogen) atoms. The van der Waals surface area contributed by atoms with Gasteiger partial charge in [-0.1, -0.05) is 11.6 Å². The molecule has 2 rings (SSSR count). The zero-order valence-electron chi connectivity index (χ0n) is 8.44. The van der Waals surface area contributed by atoms with E-state index < -0.39 is 12.0 Å². The molecule has 0 radical (unpaired) electrons. The van der Waals surface area contributed by atoms with E-state index in [1.54, 1.807) is 31.2 Å². The minimum absolute atomic E-state index is 0.0416. The van der Waals surface area contributed by atoms with Gasteiger partial charge in [-0.05, 0) is 37.3 Å². The Labute approximate surface area is 97.1 Å². The summed E-state index contributed by atoms with van der Waals surface area (Å²) in [6, 6.07) is 6.37. The van der Waals surface area contributed by atoms with E-state index in [0.29, 0.717) is 10.7 Å². The van der Waals surface area contributed by atoms with Gasteiger partial charge in [-0.2, -0.15) is 0 Å². The zero-order chi connectivity index (χ0) is 11.7. The standard InChI is InChI=1S/C11H8ClNO3/c1-2-9-10(14)13(11(15)16-9)8-5-3-7(12)4-6-8/h2-6H,1H3/b9-2+. The fourth-order valence-electron chi connectivity index (χ4n) is 1.37. The molecule has 2 amide bonds. The van der Waals surface area contributed by atoms with E-state index in [1.165, 1.54) is 6.08 Å². The number of imide groups is 1. The average Bonchev–Trinajstić information content (AvgIpc) is 2.56. The van der Waals surface area contributed by atoms with E-state index in [1.807, 2.05) is 0 Å². The number of carbonyl (C=O) groups excluding carboxylic acids is 2. The van der Waals surface area contributed by atoms with Gasteiger partial charge in [-0.25, -0.2) is 9.69 Å². The van der Waals surface area contributed by atoms with Crippen LogP contribution in [-0.4, -0.2) is 12.0 Å². The van der Waals surface area contributed by atoms with E-state index in [2.05, 4.69) is 0 Å². The number of anilines is 1. The molecule has 0 spiro atoms. The highest BCUT2D eigenvalue weighted by molar-refractivity contribution is 6.30. The Balaban J connectivity index is 2.38. The average molecular weight is 238 g/mol. The highest BCUT2D eigenvalue weighted by Gasteiger charge is 2.37. The lowest BCUT2D eigenvalue weighted by atomic mass is 10.3. The summed E-state index contributed by atoms with van der Waals surface area (Å²) < 4.78 is 4.79. The minimum Gasteiger partial charge on any atom is -0.404 e. The van der Waals surface area contributed by atoms with E-state index in [9.17, 15) is 9.59 Å². The molecule has 1 heterocycles. The van der Waals surface area contributed by atoms with Crippen LogP contribution in [0.1, 0.15) is 6.92 Å². The molecule has 0 bridgehead atoms. The molecule has 4 nitrogen and oxygen atoms in total. The Morgan fingerprint density at radius 2 is 1.88 bits per heavy atom. The molecule has 1 fully saturated rings. The van der Waals surface area contributed by atoms with E-state index >= 15 is 0 Å². The van der Waals surface area contributed by atoms with Gasteiger partial charge < -0.3 is 4.74 Å². The van der Waals surface area contributed by atoms with Crippen molar-refractivity contribution in [1.82, 2.24) is 0 Å². The summed E-state index contributed by atoms with van der Waals surface area (Å²) in [5.74, 6) is -0.422. The van der Waals surface area contributed by atoms with Crippen molar-refractivity contribution in [2.45, 2.75) is 6.92 Å². The Hall–Kier alpha value is -1.81. The third-order valence-corrected chi connectivity index (χ3v) is 2.39. The van der Waals surface area contributed by atoms with Gasteiger partial charge in [0.15, 0.2) is 5.76 Å². The second-order valence-electron chi connectivity index (χ2n) is 3.14. The molecule has 1 aliphatic rings. The maximum absolute atomic E-state index is 11.7. The van der Waals surface area contributed by atoms with Gasteiger partial charge in [0.25, 0.3) is 0 Å². The SMILES string of the molecule is C/C=C1/OC(=O)N(c2ccc(Cl)cc2)C1=O. The summed E-state index contributed by atoms with van der Waals surface area (Å²) in [6.45, 7) is 1.63. The molecule has 1 aromatic carbocycles. The van der Waals surface area contributed by atoms with Gasteiger partial charge in [0.1, 0.15) is 0 Å². The summed E-state index contributed by atoms with van der Waals surface area (Å²) >= 11 is 5.72. The molecule has 0 aliphatic carbocycles. The Kier molecular flexibility index (Phi) is 2.66. The van der Waals surface area contributed by atoms with Crippen LogP contribution in [-0.2, 0) is 9.53 Å². The number of amides is 2. The topological polar surface area (TPSA) is 46.6 Å². The van der Waals surface area contributed by atoms with Gasteiger partial charge in [-0.15, -0.1) is 0 Å². The number of benzene rings is 1. The summed E-state index contributed by atoms with van der Waals surface area (Å²) in [4.78, 5) is 24.1. The fourth-order valence-corrected chi connectivity index (χ4v) is 1.50. The zero-order valence-corrected chi connectivity index (χ0v) is 9.19. The number of hydrogen-bond donors (Lipinski definition) is 0. The predicted octanol–water partition coefficient (Wildman–Crippen LogP) is 2.73. The van der Waals surface area contributed by atoms with Crippen LogP contribution < -0.4 is 4.90 Å². The molecule has 0 atom stereocenters. The number of ether oxygens (including phenoxy) is 1. The number of cyclic esters (lactones) is 1. The van der Waals surface area contributed by atoms with Gasteiger partial charge in [0.05, 0.1) is 5.69 Å². The lowest BCUT2D eigenvalue weighted by molar-refractivity contribution is -0.114. The Bertz CT molecular complexity index is 479. The molecule has 0 unspecified atom stereocenters. The lowest BCUT2D eigenvalue weighted by Crippen LogP contribution is -2.28. The highest BCUT2D eigenvalue weighted by atomic mass is 35.5. The van der Waals surface area contributed by atoms with Crippen molar-refractivity contribution in [2.24, 2.45) is 0 Å². The summed E-state index contributed by atoms with van der Waals surface area (Å²) in [7, 11) is 0. The van der Waals surface area contributed by atoms with Crippen molar-refractivity contribution in [3.63, 3.8) is 0 Å². The molecule has 1 saturated heterocycles. The van der Waals surface area contributed by atoms with Crippen molar-refractivity contribution in [3.05, 3.63) is 41.1 Å². The van der Waals surface area contributed by atoms with Crippen LogP contribution in [0.2, 0.25) is 5.02 Å². The normalized spacial score (nSPS) is 18.1. The van der Waals surface area contributed by atoms with Crippen LogP contribution in [0.3, 0.4) is 0 Å². The van der Waals surface area contributed by atoms with Gasteiger partial charge in [0.2, 0.25) is 0 Å². The largest absolute Gasteiger partial charge is 0.427 e. The summed E-state index contributed by atoms with van der Waals surface area (Å²) in [5.41, 5.74) is 0.441. The number of hydrogen-bond acceptors (Lipinski definition) is 3. The van der Waals surface area contributed by atoms with Crippen LogP contribution in [0, 0.1) is 0 Å². The first-order chi connectivity index (χ1) is 7.63. The third kappa shape index (κ3) is 1.67. The van der Waals surface area contributed by atoms with Crippen LogP contribution in [0.15, 0.2) is 36.1 Å². The molecular formula is C11H8ClNO3. The molecule has 82 valence electrons. The number of halogens is 1. The van der Waals surface area contributed by atoms with Crippen molar-refractivity contribution in [3.8, 4) is 0 Å². The molecule has 0 N–H and O–H groups in total. The minimum atomic E-state index is -0.694. The number of allylic oxidation sites excluding steroid dienone is 1. The molecule has 1 aliphatic heterocycles. The number of nitrogens with zero attached hydrogens (tertiary/aromatic N) is 1. The highest BCUT2D eigenvalue weighted by Crippen LogP contribution is 2.25.